The molecule has 0 aliphatic heterocycles. The molecule has 0 saturated carbocycles. The van der Waals surface area contributed by atoms with Crippen LogP contribution in [0, 0.1) is 0 Å². The first kappa shape index (κ1) is 15.6. The molecule has 0 spiro atoms. The first-order chi connectivity index (χ1) is 11.0. The predicted molar refractivity (Wildman–Crippen MR) is 94.0 cm³/mol. The van der Waals surface area contributed by atoms with E-state index in [9.17, 15) is 4.79 Å². The summed E-state index contributed by atoms with van der Waals surface area (Å²) in [7, 11) is 3.79. The number of rotatable bonds is 4. The lowest BCUT2D eigenvalue weighted by Gasteiger charge is -2.14. The minimum absolute atomic E-state index is 0.464. The van der Waals surface area contributed by atoms with Crippen molar-refractivity contribution < 1.29 is 9.53 Å². The summed E-state index contributed by atoms with van der Waals surface area (Å²) in [5, 5.41) is 1.44. The fourth-order valence-electron chi connectivity index (χ4n) is 2.14. The Bertz CT molecular complexity index is 875. The summed E-state index contributed by atoms with van der Waals surface area (Å²) in [5.74, 6) is 1.51. The summed E-state index contributed by atoms with van der Waals surface area (Å²) in [5.41, 5.74) is 5.41. The molecule has 3 aromatic rings. The minimum atomic E-state index is -0.464. The number of primary amides is 1. The molecule has 3 rings (SSSR count). The molecule has 0 fully saturated rings. The number of ether oxygens (including phenoxy) is 1. The van der Waals surface area contributed by atoms with E-state index in [0.29, 0.717) is 21.4 Å². The number of nitrogens with two attached hydrogens (primary N) is 1. The Morgan fingerprint density at radius 3 is 2.61 bits per heavy atom. The van der Waals surface area contributed by atoms with Gasteiger partial charge in [-0.15, -0.1) is 11.3 Å². The van der Waals surface area contributed by atoms with Gasteiger partial charge in [-0.25, -0.2) is 4.98 Å². The molecular formula is C16H14ClN3O2S. The van der Waals surface area contributed by atoms with E-state index in [-0.39, 0.29) is 0 Å². The number of fused-ring (bicyclic) bond motifs is 1. The number of nitrogens with zero attached hydrogens (tertiary/aromatic N) is 2. The van der Waals surface area contributed by atoms with Gasteiger partial charge in [0.1, 0.15) is 11.6 Å². The first-order valence-corrected chi connectivity index (χ1v) is 7.98. The summed E-state index contributed by atoms with van der Waals surface area (Å²) in [4.78, 5) is 18.3. The third-order valence-electron chi connectivity index (χ3n) is 3.21. The maximum absolute atomic E-state index is 11.5. The van der Waals surface area contributed by atoms with Gasteiger partial charge in [-0.05, 0) is 30.3 Å². The van der Waals surface area contributed by atoms with Crippen molar-refractivity contribution in [1.29, 1.82) is 0 Å². The molecule has 7 heteroatoms. The number of thiophene rings is 1. The molecule has 2 heterocycles. The van der Waals surface area contributed by atoms with Crippen LogP contribution in [0.1, 0.15) is 9.67 Å². The van der Waals surface area contributed by atoms with Gasteiger partial charge >= 0.3 is 0 Å². The van der Waals surface area contributed by atoms with E-state index in [1.807, 2.05) is 19.0 Å². The van der Waals surface area contributed by atoms with Crippen LogP contribution in [0.25, 0.3) is 10.1 Å². The second-order valence-electron chi connectivity index (χ2n) is 5.11. The van der Waals surface area contributed by atoms with Crippen LogP contribution in [0.5, 0.6) is 11.5 Å². The van der Waals surface area contributed by atoms with Gasteiger partial charge in [-0.3, -0.25) is 4.79 Å². The van der Waals surface area contributed by atoms with Gasteiger partial charge < -0.3 is 15.4 Å². The van der Waals surface area contributed by atoms with Crippen LogP contribution in [0.4, 0.5) is 5.82 Å². The lowest BCUT2D eigenvalue weighted by atomic mass is 10.2. The summed E-state index contributed by atoms with van der Waals surface area (Å²) in [6, 6.07) is 8.78. The zero-order chi connectivity index (χ0) is 16.6. The van der Waals surface area contributed by atoms with Crippen molar-refractivity contribution in [1.82, 2.24) is 4.98 Å². The number of anilines is 1. The molecule has 0 aliphatic carbocycles. The van der Waals surface area contributed by atoms with Crippen molar-refractivity contribution >= 4 is 44.7 Å². The standard InChI is InChI=1S/C16H14ClN3O2S/c1-20(2)16-14-11(7-13(23-14)15(18)21)12(8-19-16)22-10-5-3-9(17)4-6-10/h3-8H,1-2H3,(H2,18,21). The number of aromatic nitrogens is 1. The molecule has 0 saturated heterocycles. The molecule has 23 heavy (non-hydrogen) atoms. The average molecular weight is 348 g/mol. The van der Waals surface area contributed by atoms with E-state index < -0.39 is 5.91 Å². The number of benzene rings is 1. The lowest BCUT2D eigenvalue weighted by Crippen LogP contribution is -2.10. The SMILES string of the molecule is CN(C)c1ncc(Oc2ccc(Cl)cc2)c2cc(C(N)=O)sc12. The van der Waals surface area contributed by atoms with E-state index in [1.165, 1.54) is 11.3 Å². The molecule has 1 amide bonds. The molecule has 0 radical (unpaired) electrons. The number of hydrogen-bond acceptors (Lipinski definition) is 5. The van der Waals surface area contributed by atoms with Gasteiger partial charge in [0.15, 0.2) is 5.75 Å². The highest BCUT2D eigenvalue weighted by Crippen LogP contribution is 2.39. The van der Waals surface area contributed by atoms with Gasteiger partial charge in [0.2, 0.25) is 0 Å². The van der Waals surface area contributed by atoms with Crippen molar-refractivity contribution in [3.63, 3.8) is 0 Å². The Labute approximate surface area is 142 Å². The average Bonchev–Trinajstić information content (AvgIpc) is 2.95. The Balaban J connectivity index is 2.11. The van der Waals surface area contributed by atoms with Gasteiger partial charge in [0, 0.05) is 24.5 Å². The van der Waals surface area contributed by atoms with Crippen molar-refractivity contribution in [3.05, 3.63) is 46.4 Å². The van der Waals surface area contributed by atoms with Crippen LogP contribution in [0.2, 0.25) is 5.02 Å². The van der Waals surface area contributed by atoms with Crippen LogP contribution < -0.4 is 15.4 Å². The molecule has 0 unspecified atom stereocenters. The fourth-order valence-corrected chi connectivity index (χ4v) is 3.36. The van der Waals surface area contributed by atoms with E-state index in [1.54, 1.807) is 36.5 Å². The smallest absolute Gasteiger partial charge is 0.258 e. The van der Waals surface area contributed by atoms with Crippen molar-refractivity contribution in [2.45, 2.75) is 0 Å². The highest BCUT2D eigenvalue weighted by molar-refractivity contribution is 7.21. The second kappa shape index (κ2) is 6.06. The molecule has 2 aromatic heterocycles. The minimum Gasteiger partial charge on any atom is -0.455 e. The number of carbonyl (C=O) groups is 1. The van der Waals surface area contributed by atoms with Crippen LogP contribution in [0.15, 0.2) is 36.5 Å². The topological polar surface area (TPSA) is 68.5 Å². The summed E-state index contributed by atoms with van der Waals surface area (Å²) in [6.45, 7) is 0. The highest BCUT2D eigenvalue weighted by Gasteiger charge is 2.17. The third-order valence-corrected chi connectivity index (χ3v) is 4.61. The second-order valence-corrected chi connectivity index (χ2v) is 6.60. The Morgan fingerprint density at radius 1 is 1.30 bits per heavy atom. The lowest BCUT2D eigenvalue weighted by molar-refractivity contribution is 0.100. The Hall–Kier alpha value is -2.31. The van der Waals surface area contributed by atoms with Gasteiger partial charge in [-0.1, -0.05) is 11.6 Å². The van der Waals surface area contributed by atoms with Crippen molar-refractivity contribution in [2.75, 3.05) is 19.0 Å². The summed E-state index contributed by atoms with van der Waals surface area (Å²) < 4.78 is 6.75. The van der Waals surface area contributed by atoms with E-state index in [4.69, 9.17) is 22.1 Å². The van der Waals surface area contributed by atoms with E-state index in [0.717, 1.165) is 15.9 Å². The molecule has 118 valence electrons. The zero-order valence-electron chi connectivity index (χ0n) is 12.5. The number of hydrogen-bond donors (Lipinski definition) is 1. The summed E-state index contributed by atoms with van der Waals surface area (Å²) in [6.07, 6.45) is 1.64. The monoisotopic (exact) mass is 347 g/mol. The molecule has 0 aliphatic rings. The van der Waals surface area contributed by atoms with Crippen LogP contribution in [-0.4, -0.2) is 25.0 Å². The van der Waals surface area contributed by atoms with Gasteiger partial charge in [-0.2, -0.15) is 0 Å². The molecular weight excluding hydrogens is 334 g/mol. The molecule has 5 nitrogen and oxygen atoms in total. The summed E-state index contributed by atoms with van der Waals surface area (Å²) >= 11 is 7.19. The molecule has 0 bridgehead atoms. The zero-order valence-corrected chi connectivity index (χ0v) is 14.1. The van der Waals surface area contributed by atoms with E-state index in [2.05, 4.69) is 4.98 Å². The predicted octanol–water partition coefficient (Wildman–Crippen LogP) is 3.91. The number of halogens is 1. The first-order valence-electron chi connectivity index (χ1n) is 6.79. The van der Waals surface area contributed by atoms with Crippen molar-refractivity contribution in [2.24, 2.45) is 5.73 Å². The van der Waals surface area contributed by atoms with E-state index >= 15 is 0 Å². The third kappa shape index (κ3) is 3.09. The van der Waals surface area contributed by atoms with Gasteiger partial charge in [0.25, 0.3) is 5.91 Å². The quantitative estimate of drug-likeness (QED) is 0.777. The van der Waals surface area contributed by atoms with Crippen molar-refractivity contribution in [3.8, 4) is 11.5 Å². The van der Waals surface area contributed by atoms with Crippen LogP contribution >= 0.6 is 22.9 Å². The normalized spacial score (nSPS) is 10.7. The maximum atomic E-state index is 11.5. The highest BCUT2D eigenvalue weighted by atomic mass is 35.5. The number of carbonyl (C=O) groups excluding carboxylic acids is 1. The van der Waals surface area contributed by atoms with Crippen LogP contribution in [-0.2, 0) is 0 Å². The van der Waals surface area contributed by atoms with Crippen LogP contribution in [0.3, 0.4) is 0 Å². The number of amides is 1. The fraction of sp³-hybridized carbons (Fsp3) is 0.125. The van der Waals surface area contributed by atoms with Gasteiger partial charge in [0.05, 0.1) is 15.8 Å². The molecule has 0 atom stereocenters. The Kier molecular flexibility index (Phi) is 4.11. The largest absolute Gasteiger partial charge is 0.455 e. The Morgan fingerprint density at radius 2 is 2.00 bits per heavy atom. The maximum Gasteiger partial charge on any atom is 0.258 e. The number of pyridine rings is 1. The molecule has 1 aromatic carbocycles. The molecule has 2 N–H and O–H groups in total.